The molecule has 0 fully saturated rings. The van der Waals surface area contributed by atoms with Crippen LogP contribution < -0.4 is 0 Å². The molecule has 0 aliphatic rings. The van der Waals surface area contributed by atoms with Crippen LogP contribution in [0.5, 0.6) is 0 Å². The summed E-state index contributed by atoms with van der Waals surface area (Å²) in [6.07, 6.45) is -0.892. The fourth-order valence-corrected chi connectivity index (χ4v) is 2.06. The summed E-state index contributed by atoms with van der Waals surface area (Å²) in [7, 11) is 0. The molecule has 0 spiro atoms. The number of unbranched alkanes of at least 4 members (excludes halogenated alkanes) is 6. The summed E-state index contributed by atoms with van der Waals surface area (Å²) in [4.78, 5) is 22.5. The van der Waals surface area contributed by atoms with E-state index in [1.165, 1.54) is 0 Å². The Kier molecular flexibility index (Phi) is 11.4. The summed E-state index contributed by atoms with van der Waals surface area (Å²) in [6.45, 7) is -0.248. The predicted molar refractivity (Wildman–Crippen MR) is 85.1 cm³/mol. The first kappa shape index (κ1) is 26.4. The van der Waals surface area contributed by atoms with Gasteiger partial charge in [-0.15, -0.1) is 0 Å². The number of rotatable bonds is 14. The summed E-state index contributed by atoms with van der Waals surface area (Å²) in [5.41, 5.74) is 0. The van der Waals surface area contributed by atoms with Crippen LogP contribution in [-0.2, 0) is 19.1 Å². The van der Waals surface area contributed by atoms with Gasteiger partial charge in [0, 0.05) is 0 Å². The molecule has 4 nitrogen and oxygen atoms in total. The Morgan fingerprint density at radius 3 is 1.68 bits per heavy atom. The van der Waals surface area contributed by atoms with Gasteiger partial charge in [-0.2, -0.15) is 30.7 Å². The maximum Gasteiger partial charge on any atom is 0.460 e. The van der Waals surface area contributed by atoms with Gasteiger partial charge in [-0.3, -0.25) is 9.59 Å². The van der Waals surface area contributed by atoms with Gasteiger partial charge >= 0.3 is 30.0 Å². The van der Waals surface area contributed by atoms with E-state index in [1.807, 2.05) is 0 Å². The number of hydrogen-bond acceptors (Lipinski definition) is 4. The van der Waals surface area contributed by atoms with Crippen molar-refractivity contribution in [3.63, 3.8) is 0 Å². The lowest BCUT2D eigenvalue weighted by molar-refractivity contribution is -0.359. The van der Waals surface area contributed by atoms with Crippen LogP contribution in [0.2, 0.25) is 0 Å². The zero-order valence-corrected chi connectivity index (χ0v) is 15.6. The first-order valence-corrected chi connectivity index (χ1v) is 8.98. The fraction of sp³-hybridized carbons (Fsp3) is 0.882. The van der Waals surface area contributed by atoms with Gasteiger partial charge in [0.05, 0.1) is 19.4 Å². The van der Waals surface area contributed by atoms with Crippen LogP contribution in [0.15, 0.2) is 0 Å². The summed E-state index contributed by atoms with van der Waals surface area (Å²) in [6, 6.07) is 0. The number of carbonyl (C=O) groups is 2. The molecule has 0 saturated carbocycles. The van der Waals surface area contributed by atoms with Crippen LogP contribution in [0.3, 0.4) is 0 Å². The summed E-state index contributed by atoms with van der Waals surface area (Å²) >= 11 is 0. The van der Waals surface area contributed by atoms with Gasteiger partial charge in [-0.25, -0.2) is 0 Å². The largest absolute Gasteiger partial charge is 0.466 e. The third-order valence-corrected chi connectivity index (χ3v) is 3.77. The third kappa shape index (κ3) is 9.59. The molecule has 0 aromatic carbocycles. The van der Waals surface area contributed by atoms with Crippen LogP contribution in [0.1, 0.15) is 64.7 Å². The predicted octanol–water partition coefficient (Wildman–Crippen LogP) is 5.44. The quantitative estimate of drug-likeness (QED) is 0.211. The van der Waals surface area contributed by atoms with Crippen molar-refractivity contribution in [2.24, 2.45) is 0 Å². The SMILES string of the molecule is CCCCCCCCCOC(=O)CCC(=O)OCC(F)(F)C(F)(F)C(F)(F)F. The second-order valence-corrected chi connectivity index (χ2v) is 6.28. The highest BCUT2D eigenvalue weighted by molar-refractivity contribution is 5.77. The minimum atomic E-state index is -6.50. The van der Waals surface area contributed by atoms with Crippen LogP contribution in [0.25, 0.3) is 0 Å². The molecule has 0 unspecified atom stereocenters. The molecule has 166 valence electrons. The monoisotopic (exact) mass is 426 g/mol. The molecule has 28 heavy (non-hydrogen) atoms. The lowest BCUT2D eigenvalue weighted by Crippen LogP contribution is -2.54. The van der Waals surface area contributed by atoms with Gasteiger partial charge < -0.3 is 9.47 Å². The highest BCUT2D eigenvalue weighted by Gasteiger charge is 2.73. The Labute approximate surface area is 158 Å². The number of carbonyl (C=O) groups excluding carboxylic acids is 2. The number of esters is 2. The summed E-state index contributed by atoms with van der Waals surface area (Å²) in [5, 5.41) is 0. The van der Waals surface area contributed by atoms with Gasteiger partial charge in [0.25, 0.3) is 0 Å². The smallest absolute Gasteiger partial charge is 0.460 e. The Hall–Kier alpha value is -1.55. The van der Waals surface area contributed by atoms with Crippen LogP contribution in [0, 0.1) is 0 Å². The molecule has 0 heterocycles. The van der Waals surface area contributed by atoms with Crippen LogP contribution in [0.4, 0.5) is 30.7 Å². The molecule has 0 aromatic heterocycles. The molecule has 0 bridgehead atoms. The molecule has 0 N–H and O–H groups in total. The summed E-state index contributed by atoms with van der Waals surface area (Å²) < 4.78 is 95.5. The molecule has 0 atom stereocenters. The molecule has 0 rings (SSSR count). The van der Waals surface area contributed by atoms with E-state index < -0.39 is 49.4 Å². The van der Waals surface area contributed by atoms with Crippen molar-refractivity contribution in [2.45, 2.75) is 82.7 Å². The van der Waals surface area contributed by atoms with E-state index in [0.29, 0.717) is 6.42 Å². The Morgan fingerprint density at radius 2 is 1.18 bits per heavy atom. The van der Waals surface area contributed by atoms with Crippen molar-refractivity contribution >= 4 is 11.9 Å². The van der Waals surface area contributed by atoms with Gasteiger partial charge in [-0.05, 0) is 6.42 Å². The zero-order chi connectivity index (χ0) is 21.8. The number of alkyl halides is 7. The number of ether oxygens (including phenoxy) is 2. The molecular formula is C17H25F7O4. The lowest BCUT2D eigenvalue weighted by atomic mass is 10.1. The van der Waals surface area contributed by atoms with Crippen molar-refractivity contribution in [3.8, 4) is 0 Å². The Morgan fingerprint density at radius 1 is 0.714 bits per heavy atom. The van der Waals surface area contributed by atoms with Crippen LogP contribution >= 0.6 is 0 Å². The van der Waals surface area contributed by atoms with E-state index in [0.717, 1.165) is 38.5 Å². The molecule has 0 aromatic rings. The second-order valence-electron chi connectivity index (χ2n) is 6.28. The topological polar surface area (TPSA) is 52.6 Å². The zero-order valence-electron chi connectivity index (χ0n) is 15.6. The van der Waals surface area contributed by atoms with Gasteiger partial charge in [0.2, 0.25) is 0 Å². The molecule has 0 aliphatic carbocycles. The number of hydrogen-bond donors (Lipinski definition) is 0. The second kappa shape index (κ2) is 12.1. The lowest BCUT2D eigenvalue weighted by Gasteiger charge is -2.27. The van der Waals surface area contributed by atoms with Crippen molar-refractivity contribution in [3.05, 3.63) is 0 Å². The highest BCUT2D eigenvalue weighted by Crippen LogP contribution is 2.46. The van der Waals surface area contributed by atoms with Gasteiger partial charge in [0.15, 0.2) is 6.61 Å². The van der Waals surface area contributed by atoms with Gasteiger partial charge in [0.1, 0.15) is 0 Å². The van der Waals surface area contributed by atoms with E-state index >= 15 is 0 Å². The van der Waals surface area contributed by atoms with Gasteiger partial charge in [-0.1, -0.05) is 45.4 Å². The minimum absolute atomic E-state index is 0.109. The minimum Gasteiger partial charge on any atom is -0.466 e. The highest BCUT2D eigenvalue weighted by atomic mass is 19.4. The van der Waals surface area contributed by atoms with E-state index in [4.69, 9.17) is 4.74 Å². The molecule has 0 radical (unpaired) electrons. The van der Waals surface area contributed by atoms with Crippen molar-refractivity contribution < 1.29 is 49.8 Å². The van der Waals surface area contributed by atoms with E-state index in [9.17, 15) is 40.3 Å². The van der Waals surface area contributed by atoms with Crippen molar-refractivity contribution in [1.29, 1.82) is 0 Å². The molecular weight excluding hydrogens is 401 g/mol. The first-order chi connectivity index (χ1) is 12.8. The Balaban J connectivity index is 3.99. The fourth-order valence-electron chi connectivity index (χ4n) is 2.06. The van der Waals surface area contributed by atoms with Crippen molar-refractivity contribution in [2.75, 3.05) is 13.2 Å². The van der Waals surface area contributed by atoms with Crippen LogP contribution in [-0.4, -0.2) is 43.2 Å². The maximum atomic E-state index is 13.0. The van der Waals surface area contributed by atoms with E-state index in [2.05, 4.69) is 11.7 Å². The molecule has 11 heteroatoms. The first-order valence-electron chi connectivity index (χ1n) is 8.98. The maximum absolute atomic E-state index is 13.0. The van der Waals surface area contributed by atoms with E-state index in [-0.39, 0.29) is 6.61 Å². The standard InChI is InChI=1S/C17H25F7O4/c1-2-3-4-5-6-7-8-11-27-13(25)9-10-14(26)28-12-15(18,19)16(20,21)17(22,23)24/h2-12H2,1H3. The average Bonchev–Trinajstić information content (AvgIpc) is 2.59. The normalized spacial score (nSPS) is 12.7. The summed E-state index contributed by atoms with van der Waals surface area (Å²) in [5.74, 6) is -14.3. The molecule has 0 aliphatic heterocycles. The van der Waals surface area contributed by atoms with E-state index in [1.54, 1.807) is 0 Å². The molecule has 0 saturated heterocycles. The molecule has 0 amide bonds. The Bertz CT molecular complexity index is 479. The number of halogens is 7. The van der Waals surface area contributed by atoms with Crippen molar-refractivity contribution in [1.82, 2.24) is 0 Å². The average molecular weight is 426 g/mol. The third-order valence-electron chi connectivity index (χ3n) is 3.77.